The largest absolute Gasteiger partial charge is 0.496 e. The number of nitrogens with zero attached hydrogens (tertiary/aromatic N) is 4. The Morgan fingerprint density at radius 1 is 1.12 bits per heavy atom. The van der Waals surface area contributed by atoms with Crippen LogP contribution >= 0.6 is 11.6 Å². The van der Waals surface area contributed by atoms with Crippen LogP contribution in [-0.4, -0.2) is 65.5 Å². The van der Waals surface area contributed by atoms with Gasteiger partial charge in [-0.1, -0.05) is 23.7 Å². The van der Waals surface area contributed by atoms with Crippen LogP contribution in [-0.2, 0) is 17.8 Å². The molecule has 0 saturated carbocycles. The number of ether oxygens (including phenoxy) is 2. The number of carbonyl (C=O) groups is 1. The number of hydrogen-bond donors (Lipinski definition) is 1. The van der Waals surface area contributed by atoms with E-state index in [0.717, 1.165) is 37.0 Å². The topological polar surface area (TPSA) is 79.8 Å². The predicted octanol–water partition coefficient (Wildman–Crippen LogP) is 5.46. The molecule has 10 heteroatoms. The van der Waals surface area contributed by atoms with E-state index in [0.29, 0.717) is 51.1 Å². The molecule has 1 amide bonds. The van der Waals surface area contributed by atoms with Gasteiger partial charge in [-0.15, -0.1) is 0 Å². The number of methoxy groups -OCH3 is 1. The van der Waals surface area contributed by atoms with Gasteiger partial charge in [0.05, 0.1) is 24.1 Å². The number of nitrogens with one attached hydrogen (secondary N) is 1. The Hall–Kier alpha value is -3.95. The summed E-state index contributed by atoms with van der Waals surface area (Å²) in [6.07, 6.45) is 2.85. The van der Waals surface area contributed by atoms with Gasteiger partial charge < -0.3 is 24.6 Å². The van der Waals surface area contributed by atoms with E-state index in [9.17, 15) is 9.18 Å². The summed E-state index contributed by atoms with van der Waals surface area (Å²) < 4.78 is 24.9. The fourth-order valence-corrected chi connectivity index (χ4v) is 6.06. The van der Waals surface area contributed by atoms with Crippen molar-refractivity contribution >= 4 is 39.9 Å². The Morgan fingerprint density at radius 3 is 2.78 bits per heavy atom. The number of aromatic nitrogens is 2. The number of carbonyl (C=O) groups excluding carboxylic acids is 1. The van der Waals surface area contributed by atoms with E-state index in [2.05, 4.69) is 27.2 Å². The number of halogens is 2. The number of hydrogen-bond acceptors (Lipinski definition) is 7. The van der Waals surface area contributed by atoms with Gasteiger partial charge in [0, 0.05) is 41.8 Å². The molecule has 2 saturated heterocycles. The zero-order valence-corrected chi connectivity index (χ0v) is 23.7. The van der Waals surface area contributed by atoms with Crippen molar-refractivity contribution in [3.8, 4) is 11.5 Å². The van der Waals surface area contributed by atoms with Gasteiger partial charge in [0.15, 0.2) is 0 Å². The Kier molecular flexibility index (Phi) is 7.64. The van der Waals surface area contributed by atoms with Crippen molar-refractivity contribution in [3.63, 3.8) is 0 Å². The van der Waals surface area contributed by atoms with Gasteiger partial charge in [-0.2, -0.15) is 0 Å². The minimum atomic E-state index is -0.315. The van der Waals surface area contributed by atoms with Crippen molar-refractivity contribution in [3.05, 3.63) is 82.9 Å². The molecule has 3 aromatic carbocycles. The molecule has 4 aromatic rings. The van der Waals surface area contributed by atoms with Crippen molar-refractivity contribution in [2.24, 2.45) is 5.92 Å². The summed E-state index contributed by atoms with van der Waals surface area (Å²) >= 11 is 6.51. The minimum absolute atomic E-state index is 0.0948. The number of amides is 1. The lowest BCUT2D eigenvalue weighted by Gasteiger charge is -2.21. The molecule has 212 valence electrons. The van der Waals surface area contributed by atoms with Crippen LogP contribution in [0.15, 0.2) is 60.9 Å². The van der Waals surface area contributed by atoms with Crippen LogP contribution < -0.4 is 14.8 Å². The number of fused-ring (bicyclic) bond motifs is 2. The summed E-state index contributed by atoms with van der Waals surface area (Å²) in [4.78, 5) is 26.6. The highest BCUT2D eigenvalue weighted by molar-refractivity contribution is 6.32. The minimum Gasteiger partial charge on any atom is -0.496 e. The van der Waals surface area contributed by atoms with Crippen molar-refractivity contribution in [2.75, 3.05) is 39.1 Å². The molecule has 0 unspecified atom stereocenters. The van der Waals surface area contributed by atoms with E-state index >= 15 is 0 Å². The average Bonchev–Trinajstić information content (AvgIpc) is 3.54. The molecule has 0 aliphatic carbocycles. The van der Waals surface area contributed by atoms with Gasteiger partial charge in [0.2, 0.25) is 5.91 Å². The van der Waals surface area contributed by atoms with Crippen LogP contribution in [0.2, 0.25) is 5.02 Å². The van der Waals surface area contributed by atoms with Gasteiger partial charge >= 0.3 is 0 Å². The first-order chi connectivity index (χ1) is 19.9. The van der Waals surface area contributed by atoms with E-state index in [-0.39, 0.29) is 24.8 Å². The fraction of sp³-hybridized carbons (Fsp3) is 0.323. The molecule has 0 radical (unpaired) electrons. The summed E-state index contributed by atoms with van der Waals surface area (Å²) in [5, 5.41) is 4.48. The maximum atomic E-state index is 13.5. The Morgan fingerprint density at radius 2 is 2.00 bits per heavy atom. The Bertz CT molecular complexity index is 1600. The number of benzene rings is 3. The highest BCUT2D eigenvalue weighted by Crippen LogP contribution is 2.34. The van der Waals surface area contributed by atoms with Crippen LogP contribution in [0.3, 0.4) is 0 Å². The van der Waals surface area contributed by atoms with Crippen LogP contribution in [0.1, 0.15) is 17.5 Å². The molecule has 6 rings (SSSR count). The van der Waals surface area contributed by atoms with Crippen LogP contribution in [0.5, 0.6) is 11.5 Å². The molecule has 41 heavy (non-hydrogen) atoms. The highest BCUT2D eigenvalue weighted by Gasteiger charge is 2.41. The Balaban J connectivity index is 1.20. The van der Waals surface area contributed by atoms with E-state index in [1.54, 1.807) is 31.4 Å². The zero-order chi connectivity index (χ0) is 28.5. The predicted molar refractivity (Wildman–Crippen MR) is 156 cm³/mol. The van der Waals surface area contributed by atoms with Gasteiger partial charge in [0.1, 0.15) is 36.1 Å². The number of likely N-dealkylation sites (tertiary alicyclic amines) is 2. The van der Waals surface area contributed by atoms with Crippen LogP contribution in [0, 0.1) is 11.7 Å². The van der Waals surface area contributed by atoms with Gasteiger partial charge in [-0.05, 0) is 67.9 Å². The SMILES string of the molecule is COc1cc2ncnc(Nc3ccc(OCc4cccc(F)c4)c(Cl)c3)c2cc1CC(=O)N1C[C@@H]2CCN(C)[C@@H]2C1. The standard InChI is InChI=1S/C31H31ClFN5O3/c1-37-9-8-20-15-38(16-27(20)37)30(39)12-21-11-24-26(14-29(21)40-2)34-18-35-31(24)36-23-6-7-28(25(32)13-23)41-17-19-4-3-5-22(33)10-19/h3-7,10-11,13-14,18,20,27H,8-9,12,15-17H2,1-2H3,(H,34,35,36)/t20-,27+/m0/s1. The molecular formula is C31H31ClFN5O3. The Labute approximate surface area is 243 Å². The first kappa shape index (κ1) is 27.2. The molecule has 0 spiro atoms. The molecule has 1 aromatic heterocycles. The van der Waals surface area contributed by atoms with Gasteiger partial charge in [-0.3, -0.25) is 4.79 Å². The molecule has 2 aliphatic rings. The smallest absolute Gasteiger partial charge is 0.227 e. The number of likely N-dealkylation sites (N-methyl/N-ethyl adjacent to an activating group) is 1. The highest BCUT2D eigenvalue weighted by atomic mass is 35.5. The fourth-order valence-electron chi connectivity index (χ4n) is 5.83. The summed E-state index contributed by atoms with van der Waals surface area (Å²) in [7, 11) is 3.74. The third-order valence-electron chi connectivity index (χ3n) is 8.04. The van der Waals surface area contributed by atoms with E-state index in [1.165, 1.54) is 18.5 Å². The molecule has 2 aliphatic heterocycles. The van der Waals surface area contributed by atoms with Gasteiger partial charge in [0.25, 0.3) is 0 Å². The second-order valence-corrected chi connectivity index (χ2v) is 11.1. The molecule has 0 bridgehead atoms. The quantitative estimate of drug-likeness (QED) is 0.299. The lowest BCUT2D eigenvalue weighted by molar-refractivity contribution is -0.129. The van der Waals surface area contributed by atoms with Crippen molar-refractivity contribution < 1.29 is 18.7 Å². The molecule has 2 atom stereocenters. The normalized spacial score (nSPS) is 18.5. The lowest BCUT2D eigenvalue weighted by atomic mass is 10.1. The first-order valence-corrected chi connectivity index (χ1v) is 14.0. The third kappa shape index (κ3) is 5.78. The van der Waals surface area contributed by atoms with Crippen molar-refractivity contribution in [1.29, 1.82) is 0 Å². The second kappa shape index (κ2) is 11.5. The zero-order valence-electron chi connectivity index (χ0n) is 22.9. The molecular weight excluding hydrogens is 545 g/mol. The monoisotopic (exact) mass is 575 g/mol. The van der Waals surface area contributed by atoms with Crippen molar-refractivity contribution in [2.45, 2.75) is 25.5 Å². The number of rotatable bonds is 8. The van der Waals surface area contributed by atoms with Crippen LogP contribution in [0.4, 0.5) is 15.9 Å². The molecule has 3 heterocycles. The lowest BCUT2D eigenvalue weighted by Crippen LogP contribution is -2.35. The first-order valence-electron chi connectivity index (χ1n) is 13.6. The van der Waals surface area contributed by atoms with Crippen molar-refractivity contribution in [1.82, 2.24) is 19.8 Å². The maximum Gasteiger partial charge on any atom is 0.227 e. The van der Waals surface area contributed by atoms with E-state index in [4.69, 9.17) is 21.1 Å². The summed E-state index contributed by atoms with van der Waals surface area (Å²) in [6, 6.07) is 15.8. The summed E-state index contributed by atoms with van der Waals surface area (Å²) in [5.41, 5.74) is 2.89. The average molecular weight is 576 g/mol. The number of anilines is 2. The molecule has 1 N–H and O–H groups in total. The summed E-state index contributed by atoms with van der Waals surface area (Å²) in [5.74, 6) is 2.01. The van der Waals surface area contributed by atoms with E-state index < -0.39 is 0 Å². The molecule has 8 nitrogen and oxygen atoms in total. The third-order valence-corrected chi connectivity index (χ3v) is 8.33. The second-order valence-electron chi connectivity index (χ2n) is 10.7. The maximum absolute atomic E-state index is 13.5. The van der Waals surface area contributed by atoms with Crippen LogP contribution in [0.25, 0.3) is 10.9 Å². The van der Waals surface area contributed by atoms with Gasteiger partial charge in [-0.25, -0.2) is 14.4 Å². The molecule has 2 fully saturated rings. The van der Waals surface area contributed by atoms with E-state index in [1.807, 2.05) is 23.1 Å². The summed E-state index contributed by atoms with van der Waals surface area (Å²) in [6.45, 7) is 2.87.